The maximum Gasteiger partial charge on any atom is 0.226 e. The fourth-order valence-corrected chi connectivity index (χ4v) is 3.41. The van der Waals surface area contributed by atoms with E-state index >= 15 is 0 Å². The molecule has 19 heavy (non-hydrogen) atoms. The molecule has 1 aromatic carbocycles. The maximum atomic E-state index is 13.5. The molecule has 1 aromatic rings. The summed E-state index contributed by atoms with van der Waals surface area (Å²) >= 11 is 0. The molecule has 0 spiro atoms. The summed E-state index contributed by atoms with van der Waals surface area (Å²) in [7, 11) is 0. The SMILES string of the molecule is CC1CC2CCC(c3cc(F)cc(C#N)c3)N2C1=O. The van der Waals surface area contributed by atoms with Crippen molar-refractivity contribution in [2.24, 2.45) is 5.92 Å². The monoisotopic (exact) mass is 258 g/mol. The summed E-state index contributed by atoms with van der Waals surface area (Å²) in [5.41, 5.74) is 1.07. The number of rotatable bonds is 1. The minimum atomic E-state index is -0.405. The normalized spacial score (nSPS) is 29.4. The van der Waals surface area contributed by atoms with Gasteiger partial charge in [0, 0.05) is 12.0 Å². The smallest absolute Gasteiger partial charge is 0.226 e. The molecule has 98 valence electrons. The summed E-state index contributed by atoms with van der Waals surface area (Å²) in [5, 5.41) is 8.91. The topological polar surface area (TPSA) is 44.1 Å². The van der Waals surface area contributed by atoms with Crippen LogP contribution in [-0.4, -0.2) is 16.8 Å². The zero-order chi connectivity index (χ0) is 13.6. The predicted octanol–water partition coefficient (Wildman–Crippen LogP) is 2.77. The number of fused-ring (bicyclic) bond motifs is 1. The number of amides is 1. The van der Waals surface area contributed by atoms with Crippen LogP contribution in [0.15, 0.2) is 18.2 Å². The van der Waals surface area contributed by atoms with E-state index in [0.717, 1.165) is 24.8 Å². The van der Waals surface area contributed by atoms with E-state index in [1.807, 2.05) is 17.9 Å². The Labute approximate surface area is 111 Å². The van der Waals surface area contributed by atoms with Crippen LogP contribution in [0, 0.1) is 23.1 Å². The second-order valence-electron chi connectivity index (χ2n) is 5.51. The number of nitrogens with zero attached hydrogens (tertiary/aromatic N) is 2. The Balaban J connectivity index is 1.97. The predicted molar refractivity (Wildman–Crippen MR) is 67.5 cm³/mol. The summed E-state index contributed by atoms with van der Waals surface area (Å²) in [6.45, 7) is 1.95. The van der Waals surface area contributed by atoms with Crippen LogP contribution in [0.2, 0.25) is 0 Å². The average molecular weight is 258 g/mol. The molecule has 2 heterocycles. The summed E-state index contributed by atoms with van der Waals surface area (Å²) in [4.78, 5) is 14.1. The lowest BCUT2D eigenvalue weighted by Gasteiger charge is -2.25. The van der Waals surface area contributed by atoms with Crippen LogP contribution in [0.5, 0.6) is 0 Å². The molecule has 3 atom stereocenters. The van der Waals surface area contributed by atoms with E-state index < -0.39 is 5.82 Å². The molecule has 2 aliphatic heterocycles. The molecular weight excluding hydrogens is 243 g/mol. The Morgan fingerprint density at radius 3 is 2.89 bits per heavy atom. The number of benzene rings is 1. The second kappa shape index (κ2) is 4.34. The van der Waals surface area contributed by atoms with Crippen LogP contribution in [0.4, 0.5) is 4.39 Å². The quantitative estimate of drug-likeness (QED) is 0.777. The molecule has 3 nitrogen and oxygen atoms in total. The highest BCUT2D eigenvalue weighted by molar-refractivity contribution is 5.82. The number of hydrogen-bond acceptors (Lipinski definition) is 2. The third kappa shape index (κ3) is 1.90. The van der Waals surface area contributed by atoms with Gasteiger partial charge < -0.3 is 4.90 Å². The van der Waals surface area contributed by atoms with E-state index in [9.17, 15) is 9.18 Å². The van der Waals surface area contributed by atoms with Gasteiger partial charge >= 0.3 is 0 Å². The maximum absolute atomic E-state index is 13.5. The van der Waals surface area contributed by atoms with Crippen molar-refractivity contribution in [3.8, 4) is 6.07 Å². The molecule has 3 rings (SSSR count). The van der Waals surface area contributed by atoms with E-state index in [2.05, 4.69) is 0 Å². The molecular formula is C15H15FN2O. The summed E-state index contributed by atoms with van der Waals surface area (Å²) in [5.74, 6) is -0.177. The highest BCUT2D eigenvalue weighted by atomic mass is 19.1. The van der Waals surface area contributed by atoms with E-state index in [-0.39, 0.29) is 17.9 Å². The van der Waals surface area contributed by atoms with Crippen molar-refractivity contribution in [2.45, 2.75) is 38.3 Å². The summed E-state index contributed by atoms with van der Waals surface area (Å²) in [6, 6.07) is 6.57. The fraction of sp³-hybridized carbons (Fsp3) is 0.467. The number of carbonyl (C=O) groups is 1. The van der Waals surface area contributed by atoms with E-state index in [1.54, 1.807) is 6.07 Å². The van der Waals surface area contributed by atoms with Gasteiger partial charge in [0.15, 0.2) is 0 Å². The van der Waals surface area contributed by atoms with E-state index in [1.165, 1.54) is 12.1 Å². The average Bonchev–Trinajstić information content (AvgIpc) is 2.91. The first kappa shape index (κ1) is 12.2. The van der Waals surface area contributed by atoms with E-state index in [0.29, 0.717) is 11.6 Å². The van der Waals surface area contributed by atoms with Gasteiger partial charge in [-0.1, -0.05) is 6.92 Å². The first-order valence-electron chi connectivity index (χ1n) is 6.63. The van der Waals surface area contributed by atoms with Crippen LogP contribution in [-0.2, 0) is 4.79 Å². The Morgan fingerprint density at radius 2 is 2.16 bits per heavy atom. The molecule has 0 N–H and O–H groups in total. The minimum Gasteiger partial charge on any atom is -0.332 e. The molecule has 0 bridgehead atoms. The van der Waals surface area contributed by atoms with Crippen LogP contribution < -0.4 is 0 Å². The van der Waals surface area contributed by atoms with Gasteiger partial charge in [-0.25, -0.2) is 4.39 Å². The highest BCUT2D eigenvalue weighted by Crippen LogP contribution is 2.43. The van der Waals surface area contributed by atoms with Gasteiger partial charge in [-0.15, -0.1) is 0 Å². The first-order valence-corrected chi connectivity index (χ1v) is 6.63. The van der Waals surface area contributed by atoms with Gasteiger partial charge in [0.25, 0.3) is 0 Å². The summed E-state index contributed by atoms with van der Waals surface area (Å²) in [6.07, 6.45) is 2.73. The van der Waals surface area contributed by atoms with Crippen LogP contribution >= 0.6 is 0 Å². The number of carbonyl (C=O) groups excluding carboxylic acids is 1. The van der Waals surface area contributed by atoms with Gasteiger partial charge in [-0.2, -0.15) is 5.26 Å². The van der Waals surface area contributed by atoms with Gasteiger partial charge in [0.05, 0.1) is 17.7 Å². The van der Waals surface area contributed by atoms with Crippen molar-refractivity contribution in [1.29, 1.82) is 5.26 Å². The van der Waals surface area contributed by atoms with Crippen molar-refractivity contribution < 1.29 is 9.18 Å². The first-order chi connectivity index (χ1) is 9.10. The number of halogens is 1. The highest BCUT2D eigenvalue weighted by Gasteiger charge is 2.45. The third-order valence-corrected chi connectivity index (χ3v) is 4.24. The third-order valence-electron chi connectivity index (χ3n) is 4.24. The zero-order valence-corrected chi connectivity index (χ0v) is 10.8. The van der Waals surface area contributed by atoms with Gasteiger partial charge in [-0.05, 0) is 43.0 Å². The number of hydrogen-bond donors (Lipinski definition) is 0. The zero-order valence-electron chi connectivity index (χ0n) is 10.8. The molecule has 2 fully saturated rings. The summed E-state index contributed by atoms with van der Waals surface area (Å²) < 4.78 is 13.5. The minimum absolute atomic E-state index is 0.0646. The molecule has 0 aromatic heterocycles. The molecule has 0 aliphatic carbocycles. The Morgan fingerprint density at radius 1 is 1.37 bits per heavy atom. The van der Waals surface area contributed by atoms with Crippen LogP contribution in [0.3, 0.4) is 0 Å². The second-order valence-corrected chi connectivity index (χ2v) is 5.51. The van der Waals surface area contributed by atoms with Gasteiger partial charge in [0.1, 0.15) is 5.82 Å². The Bertz CT molecular complexity index is 578. The molecule has 2 aliphatic rings. The van der Waals surface area contributed by atoms with E-state index in [4.69, 9.17) is 5.26 Å². The Kier molecular flexibility index (Phi) is 2.78. The Hall–Kier alpha value is -1.89. The lowest BCUT2D eigenvalue weighted by Crippen LogP contribution is -2.31. The molecule has 0 saturated carbocycles. The molecule has 4 heteroatoms. The standard InChI is InChI=1S/C15H15FN2O/c1-9-4-13-2-3-14(18(13)15(9)19)11-5-10(8-17)6-12(16)7-11/h5-7,9,13-14H,2-4H2,1H3. The van der Waals surface area contributed by atoms with Gasteiger partial charge in [0.2, 0.25) is 5.91 Å². The van der Waals surface area contributed by atoms with Gasteiger partial charge in [-0.3, -0.25) is 4.79 Å². The fourth-order valence-electron chi connectivity index (χ4n) is 3.41. The van der Waals surface area contributed by atoms with Crippen molar-refractivity contribution in [3.63, 3.8) is 0 Å². The largest absolute Gasteiger partial charge is 0.332 e. The van der Waals surface area contributed by atoms with Crippen LogP contribution in [0.1, 0.15) is 43.4 Å². The lowest BCUT2D eigenvalue weighted by atomic mass is 9.99. The van der Waals surface area contributed by atoms with Crippen molar-refractivity contribution in [2.75, 3.05) is 0 Å². The molecule has 1 amide bonds. The molecule has 2 saturated heterocycles. The lowest BCUT2D eigenvalue weighted by molar-refractivity contribution is -0.132. The van der Waals surface area contributed by atoms with Crippen molar-refractivity contribution in [3.05, 3.63) is 35.1 Å². The molecule has 3 unspecified atom stereocenters. The van der Waals surface area contributed by atoms with Crippen LogP contribution in [0.25, 0.3) is 0 Å². The number of nitriles is 1. The van der Waals surface area contributed by atoms with Crippen molar-refractivity contribution >= 4 is 5.91 Å². The van der Waals surface area contributed by atoms with Crippen molar-refractivity contribution in [1.82, 2.24) is 4.90 Å². The molecule has 0 radical (unpaired) electrons.